The molecule has 0 aliphatic carbocycles. The number of benzene rings is 1. The minimum atomic E-state index is -1.61. The number of ether oxygens (including phenoxy) is 1. The third kappa shape index (κ3) is 8.96. The van der Waals surface area contributed by atoms with Gasteiger partial charge in [0.15, 0.2) is 0 Å². The molecule has 2 atom stereocenters. The molecule has 27 heavy (non-hydrogen) atoms. The van der Waals surface area contributed by atoms with E-state index in [0.717, 1.165) is 44.3 Å². The maximum absolute atomic E-state index is 12.1. The van der Waals surface area contributed by atoms with Crippen molar-refractivity contribution >= 4 is 14.0 Å². The molecule has 1 radical (unpaired) electrons. The van der Waals surface area contributed by atoms with E-state index in [4.69, 9.17) is 4.74 Å². The van der Waals surface area contributed by atoms with Crippen molar-refractivity contribution in [1.82, 2.24) is 0 Å². The highest BCUT2D eigenvalue weighted by Crippen LogP contribution is 2.40. The van der Waals surface area contributed by atoms with Crippen molar-refractivity contribution in [2.45, 2.75) is 89.9 Å². The molecule has 2 unspecified atom stereocenters. The molecule has 1 aromatic carbocycles. The first-order chi connectivity index (χ1) is 12.9. The van der Waals surface area contributed by atoms with E-state index in [1.54, 1.807) is 0 Å². The van der Waals surface area contributed by atoms with E-state index >= 15 is 0 Å². The minimum absolute atomic E-state index is 0.193. The number of carbonyl (C=O) groups is 1. The average Bonchev–Trinajstić information content (AvgIpc) is 2.65. The molecule has 0 aromatic heterocycles. The van der Waals surface area contributed by atoms with Gasteiger partial charge >= 0.3 is 5.97 Å². The van der Waals surface area contributed by atoms with Crippen LogP contribution in [0.4, 0.5) is 0 Å². The van der Waals surface area contributed by atoms with Gasteiger partial charge in [-0.2, -0.15) is 0 Å². The van der Waals surface area contributed by atoms with Crippen LogP contribution >= 0.6 is 0 Å². The summed E-state index contributed by atoms with van der Waals surface area (Å²) in [5, 5.41) is 9.95. The van der Waals surface area contributed by atoms with E-state index in [0.29, 0.717) is 12.1 Å². The highest BCUT2D eigenvalue weighted by atomic mass is 28.3. The Balaban J connectivity index is 2.74. The lowest BCUT2D eigenvalue weighted by Crippen LogP contribution is -2.39. The number of rotatable bonds is 15. The fourth-order valence-corrected chi connectivity index (χ4v) is 8.05. The second-order valence-electron chi connectivity index (χ2n) is 8.37. The van der Waals surface area contributed by atoms with Crippen LogP contribution < -0.4 is 4.74 Å². The maximum Gasteiger partial charge on any atom is 0.306 e. The molecular formula is C23H39O3Si. The molecule has 3 nitrogen and oxygen atoms in total. The van der Waals surface area contributed by atoms with Crippen molar-refractivity contribution in [1.29, 1.82) is 0 Å². The molecule has 0 fully saturated rings. The van der Waals surface area contributed by atoms with Crippen molar-refractivity contribution in [3.8, 4) is 5.75 Å². The number of unbranched alkanes of at least 4 members (excludes halogenated alkanes) is 3. The van der Waals surface area contributed by atoms with Gasteiger partial charge in [0, 0.05) is 0 Å². The molecule has 0 heterocycles. The second-order valence-corrected chi connectivity index (χ2v) is 13.6. The zero-order valence-electron chi connectivity index (χ0n) is 17.8. The monoisotopic (exact) mass is 391 g/mol. The highest BCUT2D eigenvalue weighted by molar-refractivity contribution is 6.79. The summed E-state index contributed by atoms with van der Waals surface area (Å²) in [4.78, 5) is 12.1. The third-order valence-corrected chi connectivity index (χ3v) is 10.1. The lowest BCUT2D eigenvalue weighted by molar-refractivity contribution is -0.142. The first kappa shape index (κ1) is 23.7. The predicted octanol–water partition coefficient (Wildman–Crippen LogP) is 6.81. The molecular weight excluding hydrogens is 352 g/mol. The summed E-state index contributed by atoms with van der Waals surface area (Å²) in [6.45, 7) is 9.85. The van der Waals surface area contributed by atoms with E-state index in [2.05, 4.69) is 33.0 Å². The Morgan fingerprint density at radius 3 is 2.33 bits per heavy atom. The van der Waals surface area contributed by atoms with Crippen LogP contribution in [0, 0.1) is 12.0 Å². The average molecular weight is 392 g/mol. The quantitative estimate of drug-likeness (QED) is 0.264. The van der Waals surface area contributed by atoms with E-state index in [1.165, 1.54) is 18.9 Å². The van der Waals surface area contributed by atoms with Gasteiger partial charge in [-0.1, -0.05) is 77.2 Å². The number of hydrogen-bond acceptors (Lipinski definition) is 2. The summed E-state index contributed by atoms with van der Waals surface area (Å²) >= 11 is 0. The van der Waals surface area contributed by atoms with Gasteiger partial charge in [0.1, 0.15) is 5.75 Å². The van der Waals surface area contributed by atoms with E-state index in [-0.39, 0.29) is 5.92 Å². The molecule has 4 heteroatoms. The topological polar surface area (TPSA) is 46.5 Å². The molecule has 0 aliphatic heterocycles. The smallest absolute Gasteiger partial charge is 0.306 e. The number of carboxylic acid groups (broad SMARTS) is 1. The SMILES string of the molecule is CCCCCC(C(=O)O)C(CCCOc1cc[c]cc1)[Si](C)(C)CCCC. The fourth-order valence-electron chi connectivity index (χ4n) is 4.03. The van der Waals surface area contributed by atoms with Crippen molar-refractivity contribution < 1.29 is 14.6 Å². The molecule has 0 bridgehead atoms. The van der Waals surface area contributed by atoms with Gasteiger partial charge in [0.25, 0.3) is 0 Å². The minimum Gasteiger partial charge on any atom is -0.494 e. The lowest BCUT2D eigenvalue weighted by Gasteiger charge is -2.37. The summed E-state index contributed by atoms with van der Waals surface area (Å²) in [5.74, 6) is 0.0830. The van der Waals surface area contributed by atoms with Gasteiger partial charge < -0.3 is 9.84 Å². The zero-order valence-corrected chi connectivity index (χ0v) is 18.8. The summed E-state index contributed by atoms with van der Waals surface area (Å²) in [6, 6.07) is 11.8. The number of aliphatic carboxylic acids is 1. The van der Waals surface area contributed by atoms with Gasteiger partial charge in [0.2, 0.25) is 0 Å². The Kier molecular flexibility index (Phi) is 11.4. The maximum atomic E-state index is 12.1. The highest BCUT2D eigenvalue weighted by Gasteiger charge is 2.39. The van der Waals surface area contributed by atoms with Gasteiger partial charge in [-0.05, 0) is 43.0 Å². The molecule has 153 valence electrons. The molecule has 1 aromatic rings. The molecule has 0 saturated carbocycles. The number of carboxylic acids is 1. The van der Waals surface area contributed by atoms with E-state index in [9.17, 15) is 9.90 Å². The Morgan fingerprint density at radius 1 is 1.07 bits per heavy atom. The molecule has 0 saturated heterocycles. The van der Waals surface area contributed by atoms with Crippen LogP contribution in [0.25, 0.3) is 0 Å². The summed E-state index contributed by atoms with van der Waals surface area (Å²) < 4.78 is 5.84. The first-order valence-electron chi connectivity index (χ1n) is 10.7. The predicted molar refractivity (Wildman–Crippen MR) is 116 cm³/mol. The van der Waals surface area contributed by atoms with Crippen molar-refractivity contribution in [2.24, 2.45) is 5.92 Å². The fraction of sp³-hybridized carbons (Fsp3) is 0.696. The van der Waals surface area contributed by atoms with Crippen LogP contribution in [0.2, 0.25) is 24.7 Å². The van der Waals surface area contributed by atoms with Crippen LogP contribution in [0.3, 0.4) is 0 Å². The summed E-state index contributed by atoms with van der Waals surface area (Å²) in [7, 11) is -1.61. The van der Waals surface area contributed by atoms with Gasteiger partial charge in [-0.15, -0.1) is 0 Å². The first-order valence-corrected chi connectivity index (χ1v) is 14.0. The normalized spacial score (nSPS) is 13.9. The molecule has 0 spiro atoms. The van der Waals surface area contributed by atoms with Crippen LogP contribution in [0.15, 0.2) is 24.3 Å². The molecule has 0 amide bonds. The number of hydrogen-bond donors (Lipinski definition) is 1. The van der Waals surface area contributed by atoms with E-state index < -0.39 is 14.0 Å². The lowest BCUT2D eigenvalue weighted by atomic mass is 9.95. The van der Waals surface area contributed by atoms with Crippen LogP contribution in [-0.4, -0.2) is 25.8 Å². The van der Waals surface area contributed by atoms with Crippen molar-refractivity contribution in [2.75, 3.05) is 6.61 Å². The van der Waals surface area contributed by atoms with Gasteiger partial charge in [-0.25, -0.2) is 0 Å². The molecule has 1 N–H and O–H groups in total. The van der Waals surface area contributed by atoms with Crippen molar-refractivity contribution in [3.05, 3.63) is 30.3 Å². The molecule has 1 rings (SSSR count). The summed E-state index contributed by atoms with van der Waals surface area (Å²) in [5.41, 5.74) is 0.325. The Morgan fingerprint density at radius 2 is 1.74 bits per heavy atom. The standard InChI is InChI=1S/C23H39O3Si/c1-5-7-10-16-21(23(24)25)22(27(3,4)19-8-6-2)17-13-18-26-20-14-11-9-12-15-20/h11-12,14-15,21-22H,5-8,10,13,16-19H2,1-4H3,(H,24,25). The Hall–Kier alpha value is -1.29. The third-order valence-electron chi connectivity index (χ3n) is 5.72. The van der Waals surface area contributed by atoms with Gasteiger partial charge in [-0.3, -0.25) is 4.79 Å². The Labute approximate surface area is 167 Å². The van der Waals surface area contributed by atoms with Crippen molar-refractivity contribution in [3.63, 3.8) is 0 Å². The van der Waals surface area contributed by atoms with E-state index in [1.807, 2.05) is 24.3 Å². The van der Waals surface area contributed by atoms with Crippen LogP contribution in [0.1, 0.15) is 65.2 Å². The largest absolute Gasteiger partial charge is 0.494 e. The zero-order chi connectivity index (χ0) is 20.1. The Bertz CT molecular complexity index is 516. The molecule has 0 aliphatic rings. The van der Waals surface area contributed by atoms with Crippen LogP contribution in [-0.2, 0) is 4.79 Å². The van der Waals surface area contributed by atoms with Crippen LogP contribution in [0.5, 0.6) is 5.75 Å². The van der Waals surface area contributed by atoms with Gasteiger partial charge in [0.05, 0.1) is 20.6 Å². The summed E-state index contributed by atoms with van der Waals surface area (Å²) in [6.07, 6.45) is 8.40. The second kappa shape index (κ2) is 13.0.